The Morgan fingerprint density at radius 1 is 1.62 bits per heavy atom. The molecule has 2 bridgehead atoms. The van der Waals surface area contributed by atoms with E-state index in [1.165, 1.54) is 12.8 Å². The minimum absolute atomic E-state index is 0.532. The van der Waals surface area contributed by atoms with Crippen molar-refractivity contribution in [2.45, 2.75) is 25.9 Å². The molecule has 0 amide bonds. The van der Waals surface area contributed by atoms with Crippen LogP contribution in [0.1, 0.15) is 19.8 Å². The Morgan fingerprint density at radius 2 is 2.38 bits per heavy atom. The number of rotatable bonds is 1. The summed E-state index contributed by atoms with van der Waals surface area (Å²) in [7, 11) is 0. The summed E-state index contributed by atoms with van der Waals surface area (Å²) in [5, 5.41) is 0. The van der Waals surface area contributed by atoms with Gasteiger partial charge in [-0.3, -0.25) is 0 Å². The SMILES string of the molecule is C[CH]C12COC(C1)C2. The smallest absolute Gasteiger partial charge is 0.0588 e. The fourth-order valence-electron chi connectivity index (χ4n) is 1.69. The van der Waals surface area contributed by atoms with Crippen molar-refractivity contribution < 1.29 is 4.74 Å². The standard InChI is InChI=1S/C7H11O/c1-2-7-3-6(4-7)8-5-7/h2,6H,3-5H2,1H3. The molecular formula is C7H11O. The largest absolute Gasteiger partial charge is 0.378 e. The number of hydrogen-bond acceptors (Lipinski definition) is 1. The van der Waals surface area contributed by atoms with Crippen LogP contribution in [0.3, 0.4) is 0 Å². The Kier molecular flexibility index (Phi) is 0.762. The zero-order chi connectivity index (χ0) is 5.61. The van der Waals surface area contributed by atoms with Gasteiger partial charge in [0, 0.05) is 5.41 Å². The summed E-state index contributed by atoms with van der Waals surface area (Å²) in [6.07, 6.45) is 5.52. The zero-order valence-corrected chi connectivity index (χ0v) is 5.18. The predicted octanol–water partition coefficient (Wildman–Crippen LogP) is 1.39. The van der Waals surface area contributed by atoms with Gasteiger partial charge in [0.2, 0.25) is 0 Å². The first-order valence-corrected chi connectivity index (χ1v) is 3.27. The molecule has 2 saturated heterocycles. The van der Waals surface area contributed by atoms with Crippen LogP contribution in [0.5, 0.6) is 0 Å². The maximum absolute atomic E-state index is 5.39. The molecule has 0 spiro atoms. The van der Waals surface area contributed by atoms with Crippen molar-refractivity contribution in [1.82, 2.24) is 0 Å². The third kappa shape index (κ3) is 0.408. The second kappa shape index (κ2) is 1.27. The van der Waals surface area contributed by atoms with Crippen LogP contribution in [0, 0.1) is 11.8 Å². The van der Waals surface area contributed by atoms with Gasteiger partial charge in [0.1, 0.15) is 0 Å². The first-order valence-electron chi connectivity index (χ1n) is 3.27. The monoisotopic (exact) mass is 111 g/mol. The Hall–Kier alpha value is -0.0400. The average molecular weight is 111 g/mol. The van der Waals surface area contributed by atoms with Crippen molar-refractivity contribution in [3.05, 3.63) is 6.42 Å². The molecule has 3 fully saturated rings. The lowest BCUT2D eigenvalue weighted by atomic mass is 9.69. The van der Waals surface area contributed by atoms with Crippen molar-refractivity contribution in [2.75, 3.05) is 6.61 Å². The van der Waals surface area contributed by atoms with Crippen LogP contribution in [0.15, 0.2) is 0 Å². The highest BCUT2D eigenvalue weighted by Crippen LogP contribution is 2.51. The number of fused-ring (bicyclic) bond motifs is 1. The molecule has 8 heavy (non-hydrogen) atoms. The molecule has 3 rings (SSSR count). The molecular weight excluding hydrogens is 100 g/mol. The van der Waals surface area contributed by atoms with E-state index in [2.05, 4.69) is 13.3 Å². The molecule has 0 N–H and O–H groups in total. The van der Waals surface area contributed by atoms with Gasteiger partial charge in [-0.15, -0.1) is 0 Å². The Bertz CT molecular complexity index is 97.4. The second-order valence-corrected chi connectivity index (χ2v) is 2.99. The molecule has 1 radical (unpaired) electrons. The molecule has 0 aromatic carbocycles. The van der Waals surface area contributed by atoms with Crippen molar-refractivity contribution in [2.24, 2.45) is 5.41 Å². The molecule has 2 aliphatic heterocycles. The van der Waals surface area contributed by atoms with E-state index in [1.807, 2.05) is 0 Å². The molecule has 2 heterocycles. The van der Waals surface area contributed by atoms with Crippen LogP contribution < -0.4 is 0 Å². The van der Waals surface area contributed by atoms with Crippen molar-refractivity contribution in [3.63, 3.8) is 0 Å². The summed E-state index contributed by atoms with van der Waals surface area (Å²) >= 11 is 0. The van der Waals surface area contributed by atoms with Gasteiger partial charge in [0.05, 0.1) is 12.7 Å². The molecule has 1 heteroatoms. The third-order valence-electron chi connectivity index (χ3n) is 2.49. The van der Waals surface area contributed by atoms with E-state index < -0.39 is 0 Å². The molecule has 0 unspecified atom stereocenters. The molecule has 1 nitrogen and oxygen atoms in total. The molecule has 1 aliphatic carbocycles. The van der Waals surface area contributed by atoms with Crippen LogP contribution in [0.25, 0.3) is 0 Å². The molecule has 0 aromatic rings. The highest BCUT2D eigenvalue weighted by atomic mass is 16.5. The van der Waals surface area contributed by atoms with Crippen LogP contribution in [-0.2, 0) is 4.74 Å². The van der Waals surface area contributed by atoms with E-state index >= 15 is 0 Å². The van der Waals surface area contributed by atoms with Crippen LogP contribution in [0.2, 0.25) is 0 Å². The van der Waals surface area contributed by atoms with Crippen LogP contribution >= 0.6 is 0 Å². The first kappa shape index (κ1) is 4.80. The molecule has 0 atom stereocenters. The van der Waals surface area contributed by atoms with E-state index in [4.69, 9.17) is 4.74 Å². The van der Waals surface area contributed by atoms with Crippen LogP contribution in [0.4, 0.5) is 0 Å². The van der Waals surface area contributed by atoms with Gasteiger partial charge >= 0.3 is 0 Å². The summed E-state index contributed by atoms with van der Waals surface area (Å²) < 4.78 is 5.39. The summed E-state index contributed by atoms with van der Waals surface area (Å²) in [4.78, 5) is 0. The molecule has 45 valence electrons. The summed E-state index contributed by atoms with van der Waals surface area (Å²) in [5.41, 5.74) is 0.532. The molecule has 1 saturated carbocycles. The third-order valence-corrected chi connectivity index (χ3v) is 2.49. The lowest BCUT2D eigenvalue weighted by molar-refractivity contribution is 0.118. The van der Waals surface area contributed by atoms with Gasteiger partial charge in [0.25, 0.3) is 0 Å². The average Bonchev–Trinajstić information content (AvgIpc) is 2.17. The summed E-state index contributed by atoms with van der Waals surface area (Å²) in [5.74, 6) is 0. The second-order valence-electron chi connectivity index (χ2n) is 2.99. The maximum Gasteiger partial charge on any atom is 0.0588 e. The molecule has 3 aliphatic rings. The fourth-order valence-corrected chi connectivity index (χ4v) is 1.69. The minimum Gasteiger partial charge on any atom is -0.378 e. The highest BCUT2D eigenvalue weighted by molar-refractivity contribution is 5.06. The van der Waals surface area contributed by atoms with Crippen molar-refractivity contribution >= 4 is 0 Å². The number of hydrogen-bond donors (Lipinski definition) is 0. The quantitative estimate of drug-likeness (QED) is 0.497. The van der Waals surface area contributed by atoms with E-state index in [0.717, 1.165) is 6.61 Å². The van der Waals surface area contributed by atoms with Crippen molar-refractivity contribution in [3.8, 4) is 0 Å². The number of ether oxygens (including phenoxy) is 1. The lowest BCUT2D eigenvalue weighted by Gasteiger charge is -2.33. The van der Waals surface area contributed by atoms with E-state index in [-0.39, 0.29) is 0 Å². The highest BCUT2D eigenvalue weighted by Gasteiger charge is 2.50. The van der Waals surface area contributed by atoms with Gasteiger partial charge in [-0.05, 0) is 19.3 Å². The van der Waals surface area contributed by atoms with E-state index in [0.29, 0.717) is 11.5 Å². The predicted molar refractivity (Wildman–Crippen MR) is 31.4 cm³/mol. The summed E-state index contributed by atoms with van der Waals surface area (Å²) in [6.45, 7) is 3.14. The Labute approximate surface area is 50.0 Å². The van der Waals surface area contributed by atoms with Gasteiger partial charge in [-0.2, -0.15) is 0 Å². The lowest BCUT2D eigenvalue weighted by Crippen LogP contribution is -2.32. The minimum atomic E-state index is 0.532. The van der Waals surface area contributed by atoms with Gasteiger partial charge in [-0.1, -0.05) is 6.92 Å². The first-order chi connectivity index (χ1) is 3.85. The van der Waals surface area contributed by atoms with E-state index in [9.17, 15) is 0 Å². The van der Waals surface area contributed by atoms with Gasteiger partial charge < -0.3 is 4.74 Å². The van der Waals surface area contributed by atoms with Gasteiger partial charge in [-0.25, -0.2) is 0 Å². The van der Waals surface area contributed by atoms with Crippen molar-refractivity contribution in [1.29, 1.82) is 0 Å². The van der Waals surface area contributed by atoms with Crippen LogP contribution in [-0.4, -0.2) is 12.7 Å². The maximum atomic E-state index is 5.39. The normalized spacial score (nSPS) is 51.4. The Morgan fingerprint density at radius 3 is 2.62 bits per heavy atom. The van der Waals surface area contributed by atoms with E-state index in [1.54, 1.807) is 0 Å². The summed E-state index contributed by atoms with van der Waals surface area (Å²) in [6, 6.07) is 0. The van der Waals surface area contributed by atoms with Gasteiger partial charge in [0.15, 0.2) is 0 Å². The zero-order valence-electron chi connectivity index (χ0n) is 5.18. The topological polar surface area (TPSA) is 9.23 Å². The fraction of sp³-hybridized carbons (Fsp3) is 0.857. The molecule has 0 aromatic heterocycles. The Balaban J connectivity index is 2.09.